The lowest BCUT2D eigenvalue weighted by atomic mass is 10.1. The Labute approximate surface area is 158 Å². The molecule has 0 unspecified atom stereocenters. The van der Waals surface area contributed by atoms with Crippen molar-refractivity contribution >= 4 is 17.5 Å². The number of benzene rings is 2. The van der Waals surface area contributed by atoms with Crippen molar-refractivity contribution in [1.82, 2.24) is 9.88 Å². The number of amides is 2. The van der Waals surface area contributed by atoms with E-state index < -0.39 is 0 Å². The molecule has 1 aromatic heterocycles. The molecule has 27 heavy (non-hydrogen) atoms. The summed E-state index contributed by atoms with van der Waals surface area (Å²) in [5.41, 5.74) is 2.86. The summed E-state index contributed by atoms with van der Waals surface area (Å²) in [5, 5.41) is 5.55. The topological polar surface area (TPSA) is 63.1 Å². The van der Waals surface area contributed by atoms with Gasteiger partial charge in [-0.1, -0.05) is 30.3 Å². The van der Waals surface area contributed by atoms with Crippen LogP contribution in [-0.2, 0) is 11.2 Å². The standard InChI is InChI=1S/C22H21N3O2/c1-2-13-23-22(27)19-7-3-4-8-20(19)24-21(26)16-17-9-11-18(12-10-17)25-14-5-6-15-25/h2-12,14-15H,1,13,16H2,(H,23,27)(H,24,26). The van der Waals surface area contributed by atoms with E-state index in [1.54, 1.807) is 30.3 Å². The maximum Gasteiger partial charge on any atom is 0.253 e. The molecule has 3 aromatic rings. The highest BCUT2D eigenvalue weighted by Gasteiger charge is 2.12. The minimum atomic E-state index is -0.248. The van der Waals surface area contributed by atoms with Crippen molar-refractivity contribution in [3.63, 3.8) is 0 Å². The van der Waals surface area contributed by atoms with E-state index >= 15 is 0 Å². The van der Waals surface area contributed by atoms with Gasteiger partial charge in [-0.05, 0) is 42.0 Å². The lowest BCUT2D eigenvalue weighted by Gasteiger charge is -2.11. The molecule has 2 amide bonds. The van der Waals surface area contributed by atoms with Crippen molar-refractivity contribution in [2.75, 3.05) is 11.9 Å². The van der Waals surface area contributed by atoms with E-state index in [1.165, 1.54) is 0 Å². The number of para-hydroxylation sites is 1. The summed E-state index contributed by atoms with van der Waals surface area (Å²) in [7, 11) is 0. The fraction of sp³-hybridized carbons (Fsp3) is 0.0909. The van der Waals surface area contributed by atoms with Crippen LogP contribution in [0.5, 0.6) is 0 Å². The number of hydrogen-bond donors (Lipinski definition) is 2. The largest absolute Gasteiger partial charge is 0.349 e. The number of rotatable bonds is 7. The van der Waals surface area contributed by atoms with Crippen LogP contribution in [0.2, 0.25) is 0 Å². The summed E-state index contributed by atoms with van der Waals surface area (Å²) >= 11 is 0. The molecule has 2 aromatic carbocycles. The number of nitrogens with zero attached hydrogens (tertiary/aromatic N) is 1. The lowest BCUT2D eigenvalue weighted by molar-refractivity contribution is -0.115. The minimum Gasteiger partial charge on any atom is -0.349 e. The van der Waals surface area contributed by atoms with Crippen LogP contribution in [0.3, 0.4) is 0 Å². The summed E-state index contributed by atoms with van der Waals surface area (Å²) in [5.74, 6) is -0.422. The Morgan fingerprint density at radius 3 is 2.37 bits per heavy atom. The van der Waals surface area contributed by atoms with E-state index in [-0.39, 0.29) is 18.2 Å². The Hall–Kier alpha value is -3.60. The maximum atomic E-state index is 12.4. The van der Waals surface area contributed by atoms with Gasteiger partial charge >= 0.3 is 0 Å². The van der Waals surface area contributed by atoms with Crippen molar-refractivity contribution in [2.45, 2.75) is 6.42 Å². The molecule has 0 aliphatic rings. The highest BCUT2D eigenvalue weighted by molar-refractivity contribution is 6.04. The maximum absolute atomic E-state index is 12.4. The van der Waals surface area contributed by atoms with Crippen molar-refractivity contribution in [1.29, 1.82) is 0 Å². The molecule has 2 N–H and O–H groups in total. The number of carbonyl (C=O) groups is 2. The Balaban J connectivity index is 1.66. The average Bonchev–Trinajstić information content (AvgIpc) is 3.22. The molecule has 0 radical (unpaired) electrons. The monoisotopic (exact) mass is 359 g/mol. The summed E-state index contributed by atoms with van der Waals surface area (Å²) in [6.07, 6.45) is 5.77. The zero-order valence-corrected chi connectivity index (χ0v) is 14.9. The first-order valence-corrected chi connectivity index (χ1v) is 8.67. The van der Waals surface area contributed by atoms with E-state index in [2.05, 4.69) is 17.2 Å². The summed E-state index contributed by atoms with van der Waals surface area (Å²) in [6.45, 7) is 3.95. The van der Waals surface area contributed by atoms with Crippen LogP contribution < -0.4 is 10.6 Å². The third-order valence-electron chi connectivity index (χ3n) is 4.06. The summed E-state index contributed by atoms with van der Waals surface area (Å²) in [4.78, 5) is 24.6. The van der Waals surface area contributed by atoms with Gasteiger partial charge in [-0.15, -0.1) is 6.58 Å². The predicted molar refractivity (Wildman–Crippen MR) is 107 cm³/mol. The molecular formula is C22H21N3O2. The van der Waals surface area contributed by atoms with Crippen molar-refractivity contribution in [3.8, 4) is 5.69 Å². The molecule has 136 valence electrons. The second kappa shape index (κ2) is 8.67. The quantitative estimate of drug-likeness (QED) is 0.634. The fourth-order valence-electron chi connectivity index (χ4n) is 2.72. The molecule has 0 fully saturated rings. The van der Waals surface area contributed by atoms with Crippen LogP contribution in [0.1, 0.15) is 15.9 Å². The number of aromatic nitrogens is 1. The van der Waals surface area contributed by atoms with Crippen molar-refractivity contribution in [2.24, 2.45) is 0 Å². The van der Waals surface area contributed by atoms with Gasteiger partial charge in [0, 0.05) is 24.6 Å². The molecule has 0 spiro atoms. The van der Waals surface area contributed by atoms with Crippen LogP contribution >= 0.6 is 0 Å². The zero-order chi connectivity index (χ0) is 19.1. The van der Waals surface area contributed by atoms with Gasteiger partial charge in [0.2, 0.25) is 5.91 Å². The Kier molecular flexibility index (Phi) is 5.84. The van der Waals surface area contributed by atoms with Gasteiger partial charge in [0.1, 0.15) is 0 Å². The summed E-state index contributed by atoms with van der Waals surface area (Å²) in [6, 6.07) is 18.7. The molecule has 0 aliphatic heterocycles. The molecule has 0 bridgehead atoms. The van der Waals surface area contributed by atoms with Crippen molar-refractivity contribution < 1.29 is 9.59 Å². The number of carbonyl (C=O) groups excluding carboxylic acids is 2. The van der Waals surface area contributed by atoms with Gasteiger partial charge in [-0.3, -0.25) is 9.59 Å². The first-order chi connectivity index (χ1) is 13.2. The van der Waals surface area contributed by atoms with E-state index in [4.69, 9.17) is 0 Å². The third-order valence-corrected chi connectivity index (χ3v) is 4.06. The van der Waals surface area contributed by atoms with E-state index in [0.717, 1.165) is 11.3 Å². The highest BCUT2D eigenvalue weighted by Crippen LogP contribution is 2.16. The van der Waals surface area contributed by atoms with Gasteiger partial charge in [0.15, 0.2) is 0 Å². The lowest BCUT2D eigenvalue weighted by Crippen LogP contribution is -2.25. The van der Waals surface area contributed by atoms with Gasteiger partial charge in [-0.2, -0.15) is 0 Å². The molecule has 0 saturated heterocycles. The normalized spacial score (nSPS) is 10.2. The van der Waals surface area contributed by atoms with Crippen molar-refractivity contribution in [3.05, 3.63) is 96.8 Å². The Morgan fingerprint density at radius 2 is 1.67 bits per heavy atom. The van der Waals surface area contributed by atoms with Crippen LogP contribution in [0.25, 0.3) is 5.69 Å². The third kappa shape index (κ3) is 4.73. The molecule has 0 saturated carbocycles. The van der Waals surface area contributed by atoms with E-state index in [0.29, 0.717) is 17.8 Å². The van der Waals surface area contributed by atoms with Gasteiger partial charge in [-0.25, -0.2) is 0 Å². The molecule has 0 aliphatic carbocycles. The molecule has 5 heteroatoms. The SMILES string of the molecule is C=CCNC(=O)c1ccccc1NC(=O)Cc1ccc(-n2cccc2)cc1. The smallest absolute Gasteiger partial charge is 0.253 e. The highest BCUT2D eigenvalue weighted by atomic mass is 16.2. The second-order valence-corrected chi connectivity index (χ2v) is 6.03. The first-order valence-electron chi connectivity index (χ1n) is 8.67. The molecular weight excluding hydrogens is 338 g/mol. The molecule has 0 atom stereocenters. The van der Waals surface area contributed by atoms with Crippen LogP contribution in [-0.4, -0.2) is 22.9 Å². The van der Waals surface area contributed by atoms with Crippen LogP contribution in [0.4, 0.5) is 5.69 Å². The number of anilines is 1. The molecule has 1 heterocycles. The minimum absolute atomic E-state index is 0.173. The Morgan fingerprint density at radius 1 is 0.963 bits per heavy atom. The van der Waals surface area contributed by atoms with Gasteiger partial charge < -0.3 is 15.2 Å². The fourth-order valence-corrected chi connectivity index (χ4v) is 2.72. The first kappa shape index (κ1) is 18.2. The zero-order valence-electron chi connectivity index (χ0n) is 14.9. The van der Waals surface area contributed by atoms with E-state index in [9.17, 15) is 9.59 Å². The van der Waals surface area contributed by atoms with E-state index in [1.807, 2.05) is 53.4 Å². The number of hydrogen-bond acceptors (Lipinski definition) is 2. The molecule has 3 rings (SSSR count). The Bertz CT molecular complexity index is 928. The predicted octanol–water partition coefficient (Wildman–Crippen LogP) is 3.57. The average molecular weight is 359 g/mol. The number of nitrogens with one attached hydrogen (secondary N) is 2. The summed E-state index contributed by atoms with van der Waals surface area (Å²) < 4.78 is 2.00. The second-order valence-electron chi connectivity index (χ2n) is 6.03. The van der Waals surface area contributed by atoms with Crippen LogP contribution in [0, 0.1) is 0 Å². The molecule has 5 nitrogen and oxygen atoms in total. The van der Waals surface area contributed by atoms with Gasteiger partial charge in [0.25, 0.3) is 5.91 Å². The van der Waals surface area contributed by atoms with Gasteiger partial charge in [0.05, 0.1) is 17.7 Å². The van der Waals surface area contributed by atoms with Crippen LogP contribution in [0.15, 0.2) is 85.7 Å².